The lowest BCUT2D eigenvalue weighted by Crippen LogP contribution is -2.08. The molecule has 0 spiro atoms. The fourth-order valence-electron chi connectivity index (χ4n) is 3.24. The predicted molar refractivity (Wildman–Crippen MR) is 119 cm³/mol. The molecule has 3 aromatic rings. The van der Waals surface area contributed by atoms with Crippen LogP contribution in [0.15, 0.2) is 59.1 Å². The molecular weight excluding hydrogens is 414 g/mol. The Kier molecular flexibility index (Phi) is 7.61. The Morgan fingerprint density at radius 3 is 2.46 bits per heavy atom. The average Bonchev–Trinajstić information content (AvgIpc) is 2.72. The van der Waals surface area contributed by atoms with Gasteiger partial charge in [-0.25, -0.2) is 9.78 Å². The third kappa shape index (κ3) is 5.41. The van der Waals surface area contributed by atoms with E-state index in [-0.39, 0.29) is 5.97 Å². The molecule has 0 N–H and O–H groups in total. The molecule has 0 bridgehead atoms. The van der Waals surface area contributed by atoms with Gasteiger partial charge in [-0.2, -0.15) is 0 Å². The second-order valence-corrected chi connectivity index (χ2v) is 7.90. The molecule has 4 heteroatoms. The van der Waals surface area contributed by atoms with Crippen molar-refractivity contribution in [3.63, 3.8) is 0 Å². The van der Waals surface area contributed by atoms with Crippen LogP contribution in [0.4, 0.5) is 0 Å². The number of halogens is 1. The number of rotatable bonds is 9. The zero-order valence-corrected chi connectivity index (χ0v) is 17.9. The van der Waals surface area contributed by atoms with E-state index in [2.05, 4.69) is 22.9 Å². The van der Waals surface area contributed by atoms with Crippen LogP contribution < -0.4 is 0 Å². The Labute approximate surface area is 175 Å². The molecule has 2 aromatic carbocycles. The molecule has 0 saturated carbocycles. The van der Waals surface area contributed by atoms with E-state index in [9.17, 15) is 4.79 Å². The highest BCUT2D eigenvalue weighted by atomic mass is 79.9. The van der Waals surface area contributed by atoms with Crippen LogP contribution >= 0.6 is 15.9 Å². The van der Waals surface area contributed by atoms with Gasteiger partial charge in [-0.15, -0.1) is 0 Å². The largest absolute Gasteiger partial charge is 0.462 e. The molecule has 1 aromatic heterocycles. The number of esters is 1. The smallest absolute Gasteiger partial charge is 0.338 e. The summed E-state index contributed by atoms with van der Waals surface area (Å²) in [6, 6.07) is 17.5. The summed E-state index contributed by atoms with van der Waals surface area (Å²) >= 11 is 3.46. The molecule has 1 heterocycles. The fraction of sp³-hybridized carbons (Fsp3) is 0.333. The molecule has 0 saturated heterocycles. The molecule has 3 rings (SSSR count). The lowest BCUT2D eigenvalue weighted by molar-refractivity contribution is 0.0500. The number of aromatic nitrogens is 1. The van der Waals surface area contributed by atoms with Crippen LogP contribution in [0.2, 0.25) is 0 Å². The molecule has 0 atom stereocenters. The Balaban J connectivity index is 1.75. The summed E-state index contributed by atoms with van der Waals surface area (Å²) in [7, 11) is 0. The molecule has 0 unspecified atom stereocenters. The lowest BCUT2D eigenvalue weighted by Gasteiger charge is -2.10. The van der Waals surface area contributed by atoms with Gasteiger partial charge in [0.05, 0.1) is 23.4 Å². The maximum atomic E-state index is 12.8. The first-order valence-corrected chi connectivity index (χ1v) is 10.8. The number of para-hydroxylation sites is 1. The number of hydrogen-bond donors (Lipinski definition) is 0. The first kappa shape index (κ1) is 20.5. The van der Waals surface area contributed by atoms with E-state index in [1.165, 1.54) is 25.7 Å². The van der Waals surface area contributed by atoms with Crippen molar-refractivity contribution in [2.45, 2.75) is 45.4 Å². The molecule has 0 radical (unpaired) electrons. The SMILES string of the molecule is CCCCCCCCOC(=O)c1cc(-c2ccc(Br)cc2)nc2ccccc12. The third-order valence-corrected chi connectivity index (χ3v) is 5.34. The van der Waals surface area contributed by atoms with Crippen LogP contribution in [0.5, 0.6) is 0 Å². The molecule has 146 valence electrons. The summed E-state index contributed by atoms with van der Waals surface area (Å²) in [6.07, 6.45) is 7.01. The number of fused-ring (bicyclic) bond motifs is 1. The van der Waals surface area contributed by atoms with Gasteiger partial charge in [0.2, 0.25) is 0 Å². The molecule has 0 amide bonds. The first-order valence-electron chi connectivity index (χ1n) is 10.0. The quantitative estimate of drug-likeness (QED) is 0.261. The van der Waals surface area contributed by atoms with E-state index in [0.29, 0.717) is 12.2 Å². The topological polar surface area (TPSA) is 39.2 Å². The second kappa shape index (κ2) is 10.4. The van der Waals surface area contributed by atoms with Gasteiger partial charge in [-0.3, -0.25) is 0 Å². The van der Waals surface area contributed by atoms with Crippen molar-refractivity contribution >= 4 is 32.8 Å². The normalized spacial score (nSPS) is 10.9. The van der Waals surface area contributed by atoms with Gasteiger partial charge in [0.15, 0.2) is 0 Å². The van der Waals surface area contributed by atoms with Crippen LogP contribution in [-0.2, 0) is 4.74 Å². The van der Waals surface area contributed by atoms with Crippen LogP contribution in [0.3, 0.4) is 0 Å². The molecular formula is C24H26BrNO2. The van der Waals surface area contributed by atoms with Crippen molar-refractivity contribution in [3.05, 3.63) is 64.6 Å². The lowest BCUT2D eigenvalue weighted by atomic mass is 10.0. The number of carbonyl (C=O) groups excluding carboxylic acids is 1. The van der Waals surface area contributed by atoms with Crippen LogP contribution in [0, 0.1) is 0 Å². The highest BCUT2D eigenvalue weighted by Crippen LogP contribution is 2.26. The summed E-state index contributed by atoms with van der Waals surface area (Å²) in [5, 5.41) is 0.830. The van der Waals surface area contributed by atoms with E-state index in [4.69, 9.17) is 9.72 Å². The van der Waals surface area contributed by atoms with Gasteiger partial charge >= 0.3 is 5.97 Å². The minimum atomic E-state index is -0.273. The maximum absolute atomic E-state index is 12.8. The van der Waals surface area contributed by atoms with E-state index in [1.54, 1.807) is 0 Å². The second-order valence-electron chi connectivity index (χ2n) is 6.98. The zero-order valence-electron chi connectivity index (χ0n) is 16.3. The van der Waals surface area contributed by atoms with E-state index < -0.39 is 0 Å². The highest BCUT2D eigenvalue weighted by Gasteiger charge is 2.15. The van der Waals surface area contributed by atoms with E-state index >= 15 is 0 Å². The van der Waals surface area contributed by atoms with E-state index in [1.807, 2.05) is 54.6 Å². The molecule has 28 heavy (non-hydrogen) atoms. The van der Waals surface area contributed by atoms with Gasteiger partial charge in [0.25, 0.3) is 0 Å². The molecule has 0 aliphatic heterocycles. The summed E-state index contributed by atoms with van der Waals surface area (Å²) in [5.74, 6) is -0.273. The number of carbonyl (C=O) groups is 1. The Morgan fingerprint density at radius 2 is 1.68 bits per heavy atom. The summed E-state index contributed by atoms with van der Waals surface area (Å²) in [5.41, 5.74) is 3.13. The van der Waals surface area contributed by atoms with Gasteiger partial charge in [0.1, 0.15) is 0 Å². The van der Waals surface area contributed by atoms with Gasteiger partial charge in [0, 0.05) is 15.4 Å². The van der Waals surface area contributed by atoms with Crippen LogP contribution in [0.1, 0.15) is 55.8 Å². The van der Waals surface area contributed by atoms with Crippen LogP contribution in [-0.4, -0.2) is 17.6 Å². The molecule has 0 aliphatic rings. The number of pyridine rings is 1. The number of ether oxygens (including phenoxy) is 1. The van der Waals surface area contributed by atoms with Crippen molar-refractivity contribution < 1.29 is 9.53 Å². The zero-order chi connectivity index (χ0) is 19.8. The van der Waals surface area contributed by atoms with Gasteiger partial charge in [-0.05, 0) is 30.7 Å². The summed E-state index contributed by atoms with van der Waals surface area (Å²) < 4.78 is 6.59. The fourth-order valence-corrected chi connectivity index (χ4v) is 3.50. The highest BCUT2D eigenvalue weighted by molar-refractivity contribution is 9.10. The van der Waals surface area contributed by atoms with Gasteiger partial charge in [-0.1, -0.05) is 85.3 Å². The molecule has 0 aliphatic carbocycles. The number of nitrogens with zero attached hydrogens (tertiary/aromatic N) is 1. The minimum Gasteiger partial charge on any atom is -0.462 e. The van der Waals surface area contributed by atoms with Crippen molar-refractivity contribution in [1.82, 2.24) is 4.98 Å². The van der Waals surface area contributed by atoms with Crippen molar-refractivity contribution in [1.29, 1.82) is 0 Å². The first-order chi connectivity index (χ1) is 13.7. The van der Waals surface area contributed by atoms with Crippen molar-refractivity contribution in [2.24, 2.45) is 0 Å². The molecule has 0 fully saturated rings. The van der Waals surface area contributed by atoms with E-state index in [0.717, 1.165) is 39.5 Å². The third-order valence-electron chi connectivity index (χ3n) is 4.81. The Hall–Kier alpha value is -2.20. The van der Waals surface area contributed by atoms with Crippen molar-refractivity contribution in [2.75, 3.05) is 6.61 Å². The maximum Gasteiger partial charge on any atom is 0.338 e. The number of hydrogen-bond acceptors (Lipinski definition) is 3. The number of benzene rings is 2. The summed E-state index contributed by atoms with van der Waals surface area (Å²) in [4.78, 5) is 17.5. The standard InChI is InChI=1S/C24H26BrNO2/c1-2-3-4-5-6-9-16-28-24(27)21-17-23(18-12-14-19(25)15-13-18)26-22-11-8-7-10-20(21)22/h7-8,10-15,17H,2-6,9,16H2,1H3. The Morgan fingerprint density at radius 1 is 0.964 bits per heavy atom. The Bertz CT molecular complexity index is 922. The monoisotopic (exact) mass is 439 g/mol. The van der Waals surface area contributed by atoms with Crippen molar-refractivity contribution in [3.8, 4) is 11.3 Å². The van der Waals surface area contributed by atoms with Crippen LogP contribution in [0.25, 0.3) is 22.2 Å². The summed E-state index contributed by atoms with van der Waals surface area (Å²) in [6.45, 7) is 2.68. The number of unbranched alkanes of at least 4 members (excludes halogenated alkanes) is 5. The van der Waals surface area contributed by atoms with Gasteiger partial charge < -0.3 is 4.74 Å². The average molecular weight is 440 g/mol. The predicted octanol–water partition coefficient (Wildman–Crippen LogP) is 7.18. The minimum absolute atomic E-state index is 0.273. The molecule has 3 nitrogen and oxygen atoms in total.